The van der Waals surface area contributed by atoms with Crippen molar-refractivity contribution in [3.8, 4) is 11.3 Å². The maximum absolute atomic E-state index is 5.80. The number of hydrogen-bond acceptors (Lipinski definition) is 3. The smallest absolute Gasteiger partial charge is 0.0885 e. The normalized spacial score (nSPS) is 15.5. The molecule has 0 bridgehead atoms. The lowest BCUT2D eigenvalue weighted by Crippen LogP contribution is -2.27. The first-order valence-corrected chi connectivity index (χ1v) is 8.07. The SMILES string of the molecule is ClCCCN1CCc2ccc(-c3cnccn3)cc2CC1. The number of rotatable bonds is 4. The fourth-order valence-corrected chi connectivity index (χ4v) is 3.01. The quantitative estimate of drug-likeness (QED) is 0.812. The van der Waals surface area contributed by atoms with Gasteiger partial charge in [0.2, 0.25) is 0 Å². The fraction of sp³-hybridized carbons (Fsp3) is 0.412. The molecule has 0 radical (unpaired) electrons. The highest BCUT2D eigenvalue weighted by molar-refractivity contribution is 6.17. The van der Waals surface area contributed by atoms with Crippen LogP contribution in [0.1, 0.15) is 17.5 Å². The van der Waals surface area contributed by atoms with Crippen LogP contribution in [0.4, 0.5) is 0 Å². The van der Waals surface area contributed by atoms with Crippen molar-refractivity contribution in [2.75, 3.05) is 25.5 Å². The van der Waals surface area contributed by atoms with Gasteiger partial charge in [0, 0.05) is 36.9 Å². The Balaban J connectivity index is 1.77. The molecule has 2 heterocycles. The molecule has 0 saturated heterocycles. The first-order chi connectivity index (χ1) is 10.4. The van der Waals surface area contributed by atoms with Gasteiger partial charge in [0.15, 0.2) is 0 Å². The van der Waals surface area contributed by atoms with Crippen LogP contribution in [0.25, 0.3) is 11.3 Å². The molecule has 0 unspecified atom stereocenters. The molecule has 21 heavy (non-hydrogen) atoms. The highest BCUT2D eigenvalue weighted by Gasteiger charge is 2.14. The first-order valence-electron chi connectivity index (χ1n) is 7.53. The zero-order chi connectivity index (χ0) is 14.5. The topological polar surface area (TPSA) is 29.0 Å². The molecule has 1 aromatic carbocycles. The predicted molar refractivity (Wildman–Crippen MR) is 86.7 cm³/mol. The monoisotopic (exact) mass is 301 g/mol. The summed E-state index contributed by atoms with van der Waals surface area (Å²) in [5.74, 6) is 0.750. The van der Waals surface area contributed by atoms with E-state index in [-0.39, 0.29) is 0 Å². The van der Waals surface area contributed by atoms with Crippen LogP contribution >= 0.6 is 11.6 Å². The molecule has 2 aromatic rings. The van der Waals surface area contributed by atoms with Gasteiger partial charge in [-0.1, -0.05) is 12.1 Å². The van der Waals surface area contributed by atoms with E-state index in [2.05, 4.69) is 33.1 Å². The van der Waals surface area contributed by atoms with Crippen molar-refractivity contribution >= 4 is 11.6 Å². The van der Waals surface area contributed by atoms with Crippen LogP contribution in [0.15, 0.2) is 36.8 Å². The van der Waals surface area contributed by atoms with Crippen LogP contribution in [-0.4, -0.2) is 40.4 Å². The van der Waals surface area contributed by atoms with Gasteiger partial charge >= 0.3 is 0 Å². The van der Waals surface area contributed by atoms with Gasteiger partial charge < -0.3 is 4.90 Å². The zero-order valence-electron chi connectivity index (χ0n) is 12.1. The largest absolute Gasteiger partial charge is 0.303 e. The second-order valence-corrected chi connectivity index (χ2v) is 5.84. The Morgan fingerprint density at radius 2 is 1.95 bits per heavy atom. The second-order valence-electron chi connectivity index (χ2n) is 5.46. The molecule has 0 N–H and O–H groups in total. The summed E-state index contributed by atoms with van der Waals surface area (Å²) >= 11 is 5.80. The third-order valence-electron chi connectivity index (χ3n) is 4.07. The lowest BCUT2D eigenvalue weighted by Gasteiger charge is -2.18. The van der Waals surface area contributed by atoms with Crippen LogP contribution < -0.4 is 0 Å². The van der Waals surface area contributed by atoms with Crippen LogP contribution in [0.3, 0.4) is 0 Å². The van der Waals surface area contributed by atoms with E-state index >= 15 is 0 Å². The lowest BCUT2D eigenvalue weighted by atomic mass is 9.99. The maximum atomic E-state index is 5.80. The van der Waals surface area contributed by atoms with Gasteiger partial charge in [-0.05, 0) is 43.0 Å². The van der Waals surface area contributed by atoms with Crippen molar-refractivity contribution < 1.29 is 0 Å². The average Bonchev–Trinajstić information content (AvgIpc) is 2.75. The van der Waals surface area contributed by atoms with Crippen LogP contribution in [-0.2, 0) is 12.8 Å². The van der Waals surface area contributed by atoms with Gasteiger partial charge in [-0.15, -0.1) is 11.6 Å². The summed E-state index contributed by atoms with van der Waals surface area (Å²) in [6.07, 6.45) is 8.58. The third kappa shape index (κ3) is 3.60. The second kappa shape index (κ2) is 7.01. The summed E-state index contributed by atoms with van der Waals surface area (Å²) in [6.45, 7) is 3.36. The molecular weight excluding hydrogens is 282 g/mol. The lowest BCUT2D eigenvalue weighted by molar-refractivity contribution is 0.289. The fourth-order valence-electron chi connectivity index (χ4n) is 2.89. The summed E-state index contributed by atoms with van der Waals surface area (Å²) in [7, 11) is 0. The molecule has 0 saturated carbocycles. The molecule has 1 aliphatic rings. The third-order valence-corrected chi connectivity index (χ3v) is 4.34. The van der Waals surface area contributed by atoms with E-state index in [1.807, 2.05) is 6.20 Å². The van der Waals surface area contributed by atoms with Crippen molar-refractivity contribution in [3.05, 3.63) is 47.9 Å². The molecule has 110 valence electrons. The molecular formula is C17H20ClN3. The molecule has 1 aliphatic heterocycles. The van der Waals surface area contributed by atoms with E-state index in [4.69, 9.17) is 11.6 Å². The van der Waals surface area contributed by atoms with E-state index < -0.39 is 0 Å². The number of aromatic nitrogens is 2. The molecule has 0 fully saturated rings. The summed E-state index contributed by atoms with van der Waals surface area (Å²) in [5, 5.41) is 0. The van der Waals surface area contributed by atoms with Gasteiger partial charge in [0.1, 0.15) is 0 Å². The standard InChI is InChI=1S/C17H20ClN3/c18-6-1-9-21-10-4-14-2-3-16(12-15(14)5-11-21)17-13-19-7-8-20-17/h2-3,7-8,12-13H,1,4-6,9-11H2. The molecule has 0 atom stereocenters. The number of benzene rings is 1. The Kier molecular flexibility index (Phi) is 4.84. The summed E-state index contributed by atoms with van der Waals surface area (Å²) in [5.41, 5.74) is 5.03. The highest BCUT2D eigenvalue weighted by Crippen LogP contribution is 2.23. The molecule has 1 aromatic heterocycles. The van der Waals surface area contributed by atoms with Crippen LogP contribution in [0, 0.1) is 0 Å². The number of nitrogens with zero attached hydrogens (tertiary/aromatic N) is 3. The van der Waals surface area contributed by atoms with Crippen molar-refractivity contribution in [2.24, 2.45) is 0 Å². The zero-order valence-corrected chi connectivity index (χ0v) is 12.9. The molecule has 4 heteroatoms. The van der Waals surface area contributed by atoms with Gasteiger partial charge in [0.25, 0.3) is 0 Å². The van der Waals surface area contributed by atoms with E-state index in [0.29, 0.717) is 0 Å². The Labute approximate surface area is 131 Å². The number of fused-ring (bicyclic) bond motifs is 1. The minimum Gasteiger partial charge on any atom is -0.303 e. The first kappa shape index (κ1) is 14.5. The average molecular weight is 302 g/mol. The van der Waals surface area contributed by atoms with E-state index in [1.165, 1.54) is 11.1 Å². The Hall–Kier alpha value is -1.45. The molecule has 0 aliphatic carbocycles. The minimum atomic E-state index is 0.750. The van der Waals surface area contributed by atoms with Crippen molar-refractivity contribution in [3.63, 3.8) is 0 Å². The Morgan fingerprint density at radius 1 is 1.10 bits per heavy atom. The van der Waals surface area contributed by atoms with Crippen LogP contribution in [0.5, 0.6) is 0 Å². The Bertz CT molecular complexity index is 586. The molecule has 0 spiro atoms. The number of alkyl halides is 1. The molecule has 3 rings (SSSR count). The van der Waals surface area contributed by atoms with E-state index in [1.54, 1.807) is 12.4 Å². The summed E-state index contributed by atoms with van der Waals surface area (Å²) in [6, 6.07) is 6.70. The van der Waals surface area contributed by atoms with Crippen LogP contribution in [0.2, 0.25) is 0 Å². The van der Waals surface area contributed by atoms with Gasteiger partial charge in [-0.25, -0.2) is 0 Å². The van der Waals surface area contributed by atoms with E-state index in [9.17, 15) is 0 Å². The van der Waals surface area contributed by atoms with E-state index in [0.717, 1.165) is 56.0 Å². The molecule has 0 amide bonds. The minimum absolute atomic E-state index is 0.750. The van der Waals surface area contributed by atoms with Gasteiger partial charge in [0.05, 0.1) is 11.9 Å². The number of halogens is 1. The van der Waals surface area contributed by atoms with Gasteiger partial charge in [-0.3, -0.25) is 9.97 Å². The maximum Gasteiger partial charge on any atom is 0.0885 e. The molecule has 3 nitrogen and oxygen atoms in total. The van der Waals surface area contributed by atoms with Crippen molar-refractivity contribution in [2.45, 2.75) is 19.3 Å². The van der Waals surface area contributed by atoms with Crippen molar-refractivity contribution in [1.82, 2.24) is 14.9 Å². The van der Waals surface area contributed by atoms with Gasteiger partial charge in [-0.2, -0.15) is 0 Å². The highest BCUT2D eigenvalue weighted by atomic mass is 35.5. The Morgan fingerprint density at radius 3 is 2.71 bits per heavy atom. The summed E-state index contributed by atoms with van der Waals surface area (Å²) < 4.78 is 0. The summed E-state index contributed by atoms with van der Waals surface area (Å²) in [4.78, 5) is 11.1. The predicted octanol–water partition coefficient (Wildman–Crippen LogP) is 3.17. The number of hydrogen-bond donors (Lipinski definition) is 0. The van der Waals surface area contributed by atoms with Crippen molar-refractivity contribution in [1.29, 1.82) is 0 Å².